The van der Waals surface area contributed by atoms with E-state index in [-0.39, 0.29) is 11.7 Å². The van der Waals surface area contributed by atoms with Gasteiger partial charge in [0, 0.05) is 13.6 Å². The van der Waals surface area contributed by atoms with Crippen molar-refractivity contribution in [1.29, 1.82) is 0 Å². The topological polar surface area (TPSA) is 116 Å². The molecule has 0 aliphatic heterocycles. The Hall–Kier alpha value is -0.160. The van der Waals surface area contributed by atoms with Crippen LogP contribution in [0.4, 0.5) is 0 Å². The van der Waals surface area contributed by atoms with Crippen LogP contribution in [0.25, 0.3) is 0 Å². The number of nitrogens with zero attached hydrogens (tertiary/aromatic N) is 1. The van der Waals surface area contributed by atoms with Crippen LogP contribution in [0.2, 0.25) is 0 Å². The van der Waals surface area contributed by atoms with Crippen molar-refractivity contribution in [3.63, 3.8) is 0 Å². The monoisotopic (exact) mass is 285 g/mol. The first-order valence-corrected chi connectivity index (χ1v) is 5.63. The van der Waals surface area contributed by atoms with Gasteiger partial charge in [0.2, 0.25) is 0 Å². The van der Waals surface area contributed by atoms with Crippen molar-refractivity contribution in [2.24, 2.45) is 0 Å². The average molecular weight is 285 g/mol. The molecule has 0 unspecified atom stereocenters. The predicted molar refractivity (Wildman–Crippen MR) is 66.8 cm³/mol. The minimum absolute atomic E-state index is 0.0845. The summed E-state index contributed by atoms with van der Waals surface area (Å²) >= 11 is 9.27. The van der Waals surface area contributed by atoms with E-state index in [1.165, 1.54) is 11.9 Å². The van der Waals surface area contributed by atoms with E-state index in [2.05, 4.69) is 17.5 Å². The third kappa shape index (κ3) is 5.34. The number of hydrogen-bond acceptors (Lipinski definition) is 7. The van der Waals surface area contributed by atoms with Crippen LogP contribution in [-0.4, -0.2) is 80.2 Å². The second-order valence-electron chi connectivity index (χ2n) is 3.59. The molecule has 0 aliphatic rings. The molecule has 0 amide bonds. The minimum Gasteiger partial charge on any atom is -0.668 e. The SMILES string of the molecule is CN(C[C@H](O)[C@@H](O)[C@H](O)[C@H](O)CO)C(=S)N[S-]. The highest BCUT2D eigenvalue weighted by Gasteiger charge is 2.30. The molecule has 0 heterocycles. The number of likely N-dealkylation sites (N-methyl/N-ethyl adjacent to an activating group) is 1. The predicted octanol–water partition coefficient (Wildman–Crippen LogP) is -3.31. The lowest BCUT2D eigenvalue weighted by Gasteiger charge is -2.30. The van der Waals surface area contributed by atoms with Crippen molar-refractivity contribution in [3.05, 3.63) is 0 Å². The Labute approximate surface area is 110 Å². The molecule has 0 aromatic carbocycles. The maximum atomic E-state index is 9.58. The molecule has 7 nitrogen and oxygen atoms in total. The highest BCUT2D eigenvalue weighted by atomic mass is 32.1. The van der Waals surface area contributed by atoms with Gasteiger partial charge in [-0.05, 0) is 12.2 Å². The molecule has 4 atom stereocenters. The summed E-state index contributed by atoms with van der Waals surface area (Å²) in [5.74, 6) is 0. The second kappa shape index (κ2) is 8.03. The molecular formula is C8H17N2O5S2-. The molecule has 102 valence electrons. The molecule has 6 N–H and O–H groups in total. The van der Waals surface area contributed by atoms with E-state index in [4.69, 9.17) is 22.4 Å². The Kier molecular flexibility index (Phi) is 7.96. The lowest BCUT2D eigenvalue weighted by Crippen LogP contribution is -2.50. The summed E-state index contributed by atoms with van der Waals surface area (Å²) in [6, 6.07) is 0. The molecule has 9 heteroatoms. The van der Waals surface area contributed by atoms with E-state index in [9.17, 15) is 15.3 Å². The van der Waals surface area contributed by atoms with Crippen molar-refractivity contribution in [3.8, 4) is 0 Å². The standard InChI is InChI=1S/C8H17N2O5S2/c1-10(8(16)9-17)2-4(12)6(14)7(15)5(13)3-11/h4-7,11-15H,2-3H2,1H3,(H-,9,16,17)/q-1/t4-,5+,6+,7+/m0/s1. The summed E-state index contributed by atoms with van der Waals surface area (Å²) in [4.78, 5) is 1.37. The second-order valence-corrected chi connectivity index (χ2v) is 4.18. The lowest BCUT2D eigenvalue weighted by molar-refractivity contribution is -0.116. The van der Waals surface area contributed by atoms with Crippen molar-refractivity contribution in [2.75, 3.05) is 20.2 Å². The lowest BCUT2D eigenvalue weighted by atomic mass is 10.0. The third-order valence-corrected chi connectivity index (χ3v) is 2.96. The smallest absolute Gasteiger partial charge is 0.146 e. The summed E-state index contributed by atoms with van der Waals surface area (Å²) < 4.78 is 2.27. The molecule has 0 aromatic rings. The quantitative estimate of drug-likeness (QED) is 0.220. The maximum Gasteiger partial charge on any atom is 0.146 e. The molecule has 0 saturated heterocycles. The fourth-order valence-electron chi connectivity index (χ4n) is 1.11. The van der Waals surface area contributed by atoms with Crippen LogP contribution in [-0.2, 0) is 12.8 Å². The minimum atomic E-state index is -1.64. The normalized spacial score (nSPS) is 18.1. The van der Waals surface area contributed by atoms with E-state index in [0.717, 1.165) is 0 Å². The fraction of sp³-hybridized carbons (Fsp3) is 0.875. The van der Waals surface area contributed by atoms with Crippen molar-refractivity contribution in [2.45, 2.75) is 24.4 Å². The molecule has 0 saturated carbocycles. The number of hydrogen-bond donors (Lipinski definition) is 6. The molecule has 0 spiro atoms. The molecule has 0 rings (SSSR count). The zero-order chi connectivity index (χ0) is 13.6. The van der Waals surface area contributed by atoms with Gasteiger partial charge in [0.25, 0.3) is 0 Å². The summed E-state index contributed by atoms with van der Waals surface area (Å²) in [6.45, 7) is -0.800. The third-order valence-electron chi connectivity index (χ3n) is 2.22. The first kappa shape index (κ1) is 16.8. The van der Waals surface area contributed by atoms with E-state index >= 15 is 0 Å². The van der Waals surface area contributed by atoms with Crippen molar-refractivity contribution in [1.82, 2.24) is 9.62 Å². The van der Waals surface area contributed by atoms with Crippen molar-refractivity contribution < 1.29 is 25.5 Å². The number of thiocarbonyl (C=S) groups is 1. The van der Waals surface area contributed by atoms with Gasteiger partial charge in [-0.25, -0.2) is 0 Å². The van der Waals surface area contributed by atoms with E-state index in [0.29, 0.717) is 0 Å². The highest BCUT2D eigenvalue weighted by molar-refractivity contribution is 7.81. The van der Waals surface area contributed by atoms with E-state index < -0.39 is 31.0 Å². The molecule has 0 fully saturated rings. The van der Waals surface area contributed by atoms with Gasteiger partial charge < -0.3 is 48.0 Å². The zero-order valence-electron chi connectivity index (χ0n) is 9.22. The average Bonchev–Trinajstić information content (AvgIpc) is 2.34. The van der Waals surface area contributed by atoms with Gasteiger partial charge in [-0.2, -0.15) is 0 Å². The largest absolute Gasteiger partial charge is 0.668 e. The molecule has 0 bridgehead atoms. The zero-order valence-corrected chi connectivity index (χ0v) is 10.9. The number of rotatable bonds is 6. The number of nitrogens with one attached hydrogen (secondary N) is 1. The van der Waals surface area contributed by atoms with Crippen LogP contribution < -0.4 is 4.72 Å². The summed E-state index contributed by atoms with van der Waals surface area (Å²) in [5.41, 5.74) is 0. The van der Waals surface area contributed by atoms with E-state index in [1.54, 1.807) is 0 Å². The van der Waals surface area contributed by atoms with Crippen LogP contribution >= 0.6 is 12.2 Å². The Bertz CT molecular complexity index is 246. The Morgan fingerprint density at radius 1 is 1.24 bits per heavy atom. The Morgan fingerprint density at radius 2 is 1.71 bits per heavy atom. The maximum absolute atomic E-state index is 9.58. The van der Waals surface area contributed by atoms with Gasteiger partial charge in [0.15, 0.2) is 0 Å². The Balaban J connectivity index is 4.30. The number of aliphatic hydroxyl groups is 5. The molecular weight excluding hydrogens is 268 g/mol. The first-order valence-electron chi connectivity index (χ1n) is 4.81. The van der Waals surface area contributed by atoms with Gasteiger partial charge in [0.1, 0.15) is 29.5 Å². The van der Waals surface area contributed by atoms with Gasteiger partial charge in [0.05, 0.1) is 6.61 Å². The van der Waals surface area contributed by atoms with Crippen molar-refractivity contribution >= 4 is 30.1 Å². The molecule has 0 radical (unpaired) electrons. The van der Waals surface area contributed by atoms with E-state index in [1.807, 2.05) is 0 Å². The van der Waals surface area contributed by atoms with Gasteiger partial charge in [-0.1, -0.05) is 0 Å². The van der Waals surface area contributed by atoms with Crippen LogP contribution in [0, 0.1) is 0 Å². The van der Waals surface area contributed by atoms with Crippen LogP contribution in [0.1, 0.15) is 0 Å². The highest BCUT2D eigenvalue weighted by Crippen LogP contribution is 2.06. The Morgan fingerprint density at radius 3 is 2.12 bits per heavy atom. The summed E-state index contributed by atoms with van der Waals surface area (Å²) in [6.07, 6.45) is -6.12. The first-order chi connectivity index (χ1) is 7.84. The summed E-state index contributed by atoms with van der Waals surface area (Å²) in [7, 11) is 1.53. The van der Waals surface area contributed by atoms with Gasteiger partial charge >= 0.3 is 0 Å². The summed E-state index contributed by atoms with van der Waals surface area (Å²) in [5, 5.41) is 46.3. The molecule has 17 heavy (non-hydrogen) atoms. The molecule has 0 aliphatic carbocycles. The number of aliphatic hydroxyl groups excluding tert-OH is 5. The van der Waals surface area contributed by atoms with Gasteiger partial charge in [-0.3, -0.25) is 0 Å². The fourth-order valence-corrected chi connectivity index (χ4v) is 1.34. The van der Waals surface area contributed by atoms with Crippen LogP contribution in [0.15, 0.2) is 0 Å². The van der Waals surface area contributed by atoms with Crippen LogP contribution in [0.3, 0.4) is 0 Å². The van der Waals surface area contributed by atoms with Gasteiger partial charge in [-0.15, -0.1) is 0 Å². The molecule has 0 aromatic heterocycles. The van der Waals surface area contributed by atoms with Crippen LogP contribution in [0.5, 0.6) is 0 Å².